The van der Waals surface area contributed by atoms with Crippen LogP contribution in [0.3, 0.4) is 0 Å². The Morgan fingerprint density at radius 2 is 2.00 bits per heavy atom. The number of benzene rings is 1. The molecule has 22 heavy (non-hydrogen) atoms. The Hall–Kier alpha value is -2.47. The smallest absolute Gasteiger partial charge is 0.262 e. The van der Waals surface area contributed by atoms with Crippen LogP contribution < -0.4 is 10.1 Å². The number of carbonyl (C=O) groups excluding carboxylic acids is 1. The van der Waals surface area contributed by atoms with Gasteiger partial charge in [-0.05, 0) is 31.5 Å². The molecule has 1 amide bonds. The summed E-state index contributed by atoms with van der Waals surface area (Å²) < 4.78 is 5.59. The zero-order chi connectivity index (χ0) is 15.5. The lowest BCUT2D eigenvalue weighted by Gasteiger charge is -2.07. The van der Waals surface area contributed by atoms with Crippen molar-refractivity contribution in [2.24, 2.45) is 0 Å². The number of amides is 1. The Kier molecular flexibility index (Phi) is 4.02. The summed E-state index contributed by atoms with van der Waals surface area (Å²) in [7, 11) is 0. The van der Waals surface area contributed by atoms with Gasteiger partial charge in [0.05, 0.1) is 5.39 Å². The third kappa shape index (κ3) is 2.92. The van der Waals surface area contributed by atoms with Gasteiger partial charge in [0.1, 0.15) is 11.2 Å². The normalized spacial score (nSPS) is 10.6. The molecule has 6 heteroatoms. The number of hydrogen-bond acceptors (Lipinski definition) is 5. The van der Waals surface area contributed by atoms with E-state index in [-0.39, 0.29) is 12.5 Å². The van der Waals surface area contributed by atoms with Crippen LogP contribution in [0.25, 0.3) is 10.2 Å². The molecule has 0 aliphatic heterocycles. The lowest BCUT2D eigenvalue weighted by atomic mass is 10.2. The number of rotatable bonds is 4. The van der Waals surface area contributed by atoms with Gasteiger partial charge in [0.15, 0.2) is 6.61 Å². The van der Waals surface area contributed by atoms with Crippen molar-refractivity contribution in [3.05, 3.63) is 47.1 Å². The lowest BCUT2D eigenvalue weighted by molar-refractivity contribution is -0.118. The molecule has 1 aromatic carbocycles. The summed E-state index contributed by atoms with van der Waals surface area (Å²) in [6, 6.07) is 9.27. The quantitative estimate of drug-likeness (QED) is 0.802. The van der Waals surface area contributed by atoms with Gasteiger partial charge in [-0.25, -0.2) is 9.97 Å². The first-order valence-corrected chi connectivity index (χ1v) is 7.65. The van der Waals surface area contributed by atoms with Gasteiger partial charge in [0.25, 0.3) is 5.91 Å². The number of aromatic nitrogens is 2. The molecule has 0 unspecified atom stereocenters. The van der Waals surface area contributed by atoms with Gasteiger partial charge in [-0.3, -0.25) is 4.79 Å². The molecule has 112 valence electrons. The van der Waals surface area contributed by atoms with Crippen LogP contribution in [-0.4, -0.2) is 22.5 Å². The Morgan fingerprint density at radius 1 is 1.23 bits per heavy atom. The number of carbonyl (C=O) groups is 1. The van der Waals surface area contributed by atoms with Crippen LogP contribution >= 0.6 is 11.3 Å². The van der Waals surface area contributed by atoms with E-state index in [1.165, 1.54) is 11.2 Å². The number of aryl methyl sites for hydroxylation is 2. The van der Waals surface area contributed by atoms with Crippen LogP contribution in [0.1, 0.15) is 10.4 Å². The second kappa shape index (κ2) is 6.11. The van der Waals surface area contributed by atoms with Crippen molar-refractivity contribution in [2.75, 3.05) is 11.9 Å². The van der Waals surface area contributed by atoms with Crippen molar-refractivity contribution in [2.45, 2.75) is 13.8 Å². The molecule has 2 aromatic heterocycles. The second-order valence-corrected chi connectivity index (χ2v) is 6.05. The zero-order valence-corrected chi connectivity index (χ0v) is 13.1. The fourth-order valence-corrected chi connectivity index (χ4v) is 3.10. The third-order valence-corrected chi connectivity index (χ3v) is 4.44. The summed E-state index contributed by atoms with van der Waals surface area (Å²) >= 11 is 1.60. The van der Waals surface area contributed by atoms with Crippen LogP contribution in [0.5, 0.6) is 5.88 Å². The second-order valence-electron chi connectivity index (χ2n) is 4.85. The van der Waals surface area contributed by atoms with Crippen LogP contribution in [0.15, 0.2) is 36.7 Å². The average Bonchev–Trinajstić information content (AvgIpc) is 2.82. The molecule has 3 rings (SSSR count). The number of fused-ring (bicyclic) bond motifs is 1. The highest BCUT2D eigenvalue weighted by molar-refractivity contribution is 7.18. The maximum absolute atomic E-state index is 11.9. The number of nitrogens with zero attached hydrogens (tertiary/aromatic N) is 2. The Bertz CT molecular complexity index is 815. The minimum absolute atomic E-state index is 0.0880. The molecular formula is C16H15N3O2S. The van der Waals surface area contributed by atoms with Crippen molar-refractivity contribution in [1.82, 2.24) is 9.97 Å². The first kappa shape index (κ1) is 14.5. The van der Waals surface area contributed by atoms with E-state index in [0.29, 0.717) is 5.88 Å². The summed E-state index contributed by atoms with van der Waals surface area (Å²) in [5.74, 6) is 0.234. The molecule has 0 atom stereocenters. The minimum Gasteiger partial charge on any atom is -0.467 e. The number of anilines is 1. The first-order chi connectivity index (χ1) is 10.6. The maximum Gasteiger partial charge on any atom is 0.262 e. The van der Waals surface area contributed by atoms with E-state index in [2.05, 4.69) is 15.3 Å². The van der Waals surface area contributed by atoms with E-state index in [4.69, 9.17) is 4.74 Å². The fraction of sp³-hybridized carbons (Fsp3) is 0.188. The molecule has 3 aromatic rings. The molecule has 1 N–H and O–H groups in total. The Morgan fingerprint density at radius 3 is 2.77 bits per heavy atom. The van der Waals surface area contributed by atoms with Crippen LogP contribution in [-0.2, 0) is 4.79 Å². The van der Waals surface area contributed by atoms with E-state index in [1.54, 1.807) is 11.3 Å². The van der Waals surface area contributed by atoms with Crippen LogP contribution in [0.4, 0.5) is 5.69 Å². The van der Waals surface area contributed by atoms with Gasteiger partial charge < -0.3 is 10.1 Å². The van der Waals surface area contributed by atoms with Crippen LogP contribution in [0, 0.1) is 13.8 Å². The van der Waals surface area contributed by atoms with Crippen molar-refractivity contribution in [1.29, 1.82) is 0 Å². The van der Waals surface area contributed by atoms with E-state index in [1.807, 2.05) is 44.2 Å². The van der Waals surface area contributed by atoms with Gasteiger partial charge in [-0.1, -0.05) is 18.2 Å². The first-order valence-electron chi connectivity index (χ1n) is 6.83. The fourth-order valence-electron chi connectivity index (χ4n) is 2.11. The Balaban J connectivity index is 1.73. The molecule has 5 nitrogen and oxygen atoms in total. The average molecular weight is 313 g/mol. The third-order valence-electron chi connectivity index (χ3n) is 3.33. The molecule has 0 aliphatic carbocycles. The monoisotopic (exact) mass is 313 g/mol. The minimum atomic E-state index is -0.220. The molecule has 0 fully saturated rings. The highest BCUT2D eigenvalue weighted by atomic mass is 32.1. The SMILES string of the molecule is Cc1sc2ncnc(OCC(=O)Nc3ccccc3)c2c1C. The molecule has 0 saturated heterocycles. The molecule has 0 saturated carbocycles. The number of para-hydroxylation sites is 1. The van der Waals surface area contributed by atoms with Crippen molar-refractivity contribution in [3.63, 3.8) is 0 Å². The molecule has 0 radical (unpaired) electrons. The molecule has 2 heterocycles. The van der Waals surface area contributed by atoms with Gasteiger partial charge in [0, 0.05) is 10.6 Å². The van der Waals surface area contributed by atoms with E-state index in [9.17, 15) is 4.79 Å². The summed E-state index contributed by atoms with van der Waals surface area (Å²) in [4.78, 5) is 22.4. The molecule has 0 spiro atoms. The lowest BCUT2D eigenvalue weighted by Crippen LogP contribution is -2.20. The van der Waals surface area contributed by atoms with Crippen molar-refractivity contribution >= 4 is 33.1 Å². The summed E-state index contributed by atoms with van der Waals surface area (Å²) in [6.45, 7) is 3.96. The highest BCUT2D eigenvalue weighted by Crippen LogP contribution is 2.33. The molecule has 0 aliphatic rings. The van der Waals surface area contributed by atoms with Crippen molar-refractivity contribution < 1.29 is 9.53 Å². The summed E-state index contributed by atoms with van der Waals surface area (Å²) in [5.41, 5.74) is 1.84. The van der Waals surface area contributed by atoms with Crippen molar-refractivity contribution in [3.8, 4) is 5.88 Å². The Labute approximate surface area is 132 Å². The zero-order valence-electron chi connectivity index (χ0n) is 12.3. The predicted octanol–water partition coefficient (Wildman–Crippen LogP) is 3.33. The van der Waals surface area contributed by atoms with Gasteiger partial charge in [-0.15, -0.1) is 11.3 Å². The van der Waals surface area contributed by atoms with E-state index < -0.39 is 0 Å². The predicted molar refractivity (Wildman–Crippen MR) is 87.5 cm³/mol. The molecular weight excluding hydrogens is 298 g/mol. The highest BCUT2D eigenvalue weighted by Gasteiger charge is 2.14. The summed E-state index contributed by atoms with van der Waals surface area (Å²) in [6.07, 6.45) is 1.46. The number of ether oxygens (including phenoxy) is 1. The van der Waals surface area contributed by atoms with E-state index in [0.717, 1.165) is 21.5 Å². The molecule has 0 bridgehead atoms. The topological polar surface area (TPSA) is 64.1 Å². The van der Waals surface area contributed by atoms with Crippen LogP contribution in [0.2, 0.25) is 0 Å². The summed E-state index contributed by atoms with van der Waals surface area (Å²) in [5, 5.41) is 3.66. The van der Waals surface area contributed by atoms with E-state index >= 15 is 0 Å². The largest absolute Gasteiger partial charge is 0.467 e. The van der Waals surface area contributed by atoms with Gasteiger partial charge >= 0.3 is 0 Å². The van der Waals surface area contributed by atoms with Gasteiger partial charge in [0.2, 0.25) is 5.88 Å². The number of nitrogens with one attached hydrogen (secondary N) is 1. The maximum atomic E-state index is 11.9. The standard InChI is InChI=1S/C16H15N3O2S/c1-10-11(2)22-16-14(10)15(17-9-18-16)21-8-13(20)19-12-6-4-3-5-7-12/h3-7,9H,8H2,1-2H3,(H,19,20). The van der Waals surface area contributed by atoms with Gasteiger partial charge in [-0.2, -0.15) is 0 Å². The number of hydrogen-bond donors (Lipinski definition) is 1. The number of thiophene rings is 1.